The van der Waals surface area contributed by atoms with Gasteiger partial charge in [0.25, 0.3) is 0 Å². The smallest absolute Gasteiger partial charge is 0.305 e. The molecular weight excluding hydrogens is 707 g/mol. The normalized spacial score (nSPS) is 12.8. The molecule has 0 aromatic heterocycles. The van der Waals surface area contributed by atoms with Crippen LogP contribution < -0.4 is 5.32 Å². The van der Waals surface area contributed by atoms with Crippen LogP contribution in [0.15, 0.2) is 24.3 Å². The topological polar surface area (TPSA) is 95.9 Å². The maximum atomic E-state index is 12.4. The van der Waals surface area contributed by atoms with E-state index in [0.717, 1.165) is 83.5 Å². The van der Waals surface area contributed by atoms with Crippen LogP contribution in [0.25, 0.3) is 0 Å². The molecular formula is C51H97NO5. The van der Waals surface area contributed by atoms with Crippen molar-refractivity contribution in [3.8, 4) is 0 Å². The molecule has 57 heavy (non-hydrogen) atoms. The van der Waals surface area contributed by atoms with E-state index in [9.17, 15) is 19.8 Å². The number of rotatable bonds is 46. The van der Waals surface area contributed by atoms with Crippen molar-refractivity contribution in [2.24, 2.45) is 0 Å². The summed E-state index contributed by atoms with van der Waals surface area (Å²) >= 11 is 0. The molecule has 0 saturated carbocycles. The third-order valence-electron chi connectivity index (χ3n) is 11.5. The highest BCUT2D eigenvalue weighted by Crippen LogP contribution is 2.16. The minimum atomic E-state index is -0.682. The van der Waals surface area contributed by atoms with Crippen molar-refractivity contribution in [2.45, 2.75) is 276 Å². The van der Waals surface area contributed by atoms with Gasteiger partial charge in [-0.15, -0.1) is 0 Å². The number of esters is 1. The first-order valence-electron chi connectivity index (χ1n) is 25.1. The van der Waals surface area contributed by atoms with Crippen LogP contribution in [0.2, 0.25) is 0 Å². The van der Waals surface area contributed by atoms with Gasteiger partial charge in [-0.3, -0.25) is 9.59 Å². The van der Waals surface area contributed by atoms with E-state index >= 15 is 0 Å². The lowest BCUT2D eigenvalue weighted by atomic mass is 10.0. The van der Waals surface area contributed by atoms with Gasteiger partial charge >= 0.3 is 5.97 Å². The summed E-state index contributed by atoms with van der Waals surface area (Å²) in [6, 6.07) is -0.562. The Kier molecular flexibility index (Phi) is 45.7. The van der Waals surface area contributed by atoms with E-state index in [2.05, 4.69) is 43.5 Å². The fourth-order valence-corrected chi connectivity index (χ4v) is 7.55. The zero-order chi connectivity index (χ0) is 41.5. The highest BCUT2D eigenvalue weighted by atomic mass is 16.5. The van der Waals surface area contributed by atoms with Crippen LogP contribution in [-0.4, -0.2) is 47.4 Å². The number of amides is 1. The Labute approximate surface area is 354 Å². The molecule has 0 aliphatic heterocycles. The molecule has 2 atom stereocenters. The second-order valence-corrected chi connectivity index (χ2v) is 17.1. The predicted molar refractivity (Wildman–Crippen MR) is 246 cm³/mol. The number of allylic oxidation sites excluding steroid dienone is 4. The van der Waals surface area contributed by atoms with Crippen LogP contribution in [0, 0.1) is 0 Å². The van der Waals surface area contributed by atoms with Gasteiger partial charge in [-0.25, -0.2) is 0 Å². The average molecular weight is 804 g/mol. The molecule has 6 heteroatoms. The van der Waals surface area contributed by atoms with Gasteiger partial charge in [0, 0.05) is 12.8 Å². The third-order valence-corrected chi connectivity index (χ3v) is 11.5. The SMILES string of the molecule is CCCC/C=C\CCCCCCCC(=O)OCCCC/C=C\CCCCCCCC(=O)NC(CO)C(O)CCCCCCCCCCCCCCCCCCCC. The van der Waals surface area contributed by atoms with Crippen LogP contribution in [0.3, 0.4) is 0 Å². The zero-order valence-electron chi connectivity index (χ0n) is 38.1. The minimum absolute atomic E-state index is 0.0423. The molecule has 1 amide bonds. The monoisotopic (exact) mass is 804 g/mol. The minimum Gasteiger partial charge on any atom is -0.466 e. The summed E-state index contributed by atoms with van der Waals surface area (Å²) in [5.74, 6) is -0.106. The lowest BCUT2D eigenvalue weighted by Gasteiger charge is -2.22. The Bertz CT molecular complexity index is 889. The van der Waals surface area contributed by atoms with E-state index < -0.39 is 12.1 Å². The Balaban J connectivity index is 3.53. The number of hydrogen-bond donors (Lipinski definition) is 3. The number of nitrogens with one attached hydrogen (secondary N) is 1. The van der Waals surface area contributed by atoms with Gasteiger partial charge in [0.15, 0.2) is 0 Å². The molecule has 0 aromatic carbocycles. The molecule has 0 fully saturated rings. The van der Waals surface area contributed by atoms with E-state index in [1.54, 1.807) is 0 Å². The van der Waals surface area contributed by atoms with Gasteiger partial charge in [0.2, 0.25) is 5.91 Å². The Hall–Kier alpha value is -1.66. The van der Waals surface area contributed by atoms with Crippen LogP contribution in [0.5, 0.6) is 0 Å². The van der Waals surface area contributed by atoms with Gasteiger partial charge in [-0.2, -0.15) is 0 Å². The molecule has 0 aliphatic carbocycles. The molecule has 0 spiro atoms. The average Bonchev–Trinajstić information content (AvgIpc) is 3.21. The van der Waals surface area contributed by atoms with Gasteiger partial charge in [-0.1, -0.05) is 205 Å². The summed E-state index contributed by atoms with van der Waals surface area (Å²) in [5.41, 5.74) is 0. The molecule has 0 heterocycles. The Morgan fingerprint density at radius 1 is 0.474 bits per heavy atom. The predicted octanol–water partition coefficient (Wildman–Crippen LogP) is 14.7. The molecule has 0 bridgehead atoms. The molecule has 0 radical (unpaired) electrons. The number of unbranched alkanes of at least 4 members (excludes halogenated alkanes) is 31. The summed E-state index contributed by atoms with van der Waals surface area (Å²) in [5, 5.41) is 23.2. The molecule has 0 aromatic rings. The Morgan fingerprint density at radius 2 is 0.842 bits per heavy atom. The van der Waals surface area contributed by atoms with Crippen molar-refractivity contribution in [1.82, 2.24) is 5.32 Å². The number of aliphatic hydroxyl groups is 2. The molecule has 2 unspecified atom stereocenters. The van der Waals surface area contributed by atoms with Crippen molar-refractivity contribution in [1.29, 1.82) is 0 Å². The van der Waals surface area contributed by atoms with Crippen molar-refractivity contribution >= 4 is 11.9 Å². The van der Waals surface area contributed by atoms with E-state index in [1.165, 1.54) is 148 Å². The van der Waals surface area contributed by atoms with E-state index in [-0.39, 0.29) is 18.5 Å². The van der Waals surface area contributed by atoms with E-state index in [4.69, 9.17) is 4.74 Å². The number of hydrogen-bond acceptors (Lipinski definition) is 5. The van der Waals surface area contributed by atoms with Gasteiger partial charge in [0.05, 0.1) is 25.4 Å². The fraction of sp³-hybridized carbons (Fsp3) is 0.882. The maximum absolute atomic E-state index is 12.4. The highest BCUT2D eigenvalue weighted by molar-refractivity contribution is 5.76. The molecule has 6 nitrogen and oxygen atoms in total. The summed E-state index contributed by atoms with van der Waals surface area (Å²) in [4.78, 5) is 24.4. The second-order valence-electron chi connectivity index (χ2n) is 17.1. The van der Waals surface area contributed by atoms with Crippen molar-refractivity contribution < 1.29 is 24.5 Å². The third kappa shape index (κ3) is 43.7. The first-order chi connectivity index (χ1) is 28.0. The largest absolute Gasteiger partial charge is 0.466 e. The summed E-state index contributed by atoms with van der Waals surface area (Å²) < 4.78 is 5.41. The van der Waals surface area contributed by atoms with Crippen LogP contribution >= 0.6 is 0 Å². The number of carbonyl (C=O) groups is 2. The molecule has 336 valence electrons. The van der Waals surface area contributed by atoms with Gasteiger partial charge in [0.1, 0.15) is 0 Å². The quantitative estimate of drug-likeness (QED) is 0.0324. The maximum Gasteiger partial charge on any atom is 0.305 e. The standard InChI is InChI=1S/C51H97NO5/c1-3-5-7-9-11-13-15-16-17-18-19-20-21-24-27-31-35-39-43-49(54)48(47-53)52-50(55)44-40-36-32-28-25-22-26-30-34-38-42-46-57-51(56)45-41-37-33-29-23-14-12-10-8-6-4-2/h10,12,26,30,48-49,53-54H,3-9,11,13-25,27-29,31-47H2,1-2H3,(H,52,55)/b12-10-,30-26-. The van der Waals surface area contributed by atoms with Crippen molar-refractivity contribution in [3.05, 3.63) is 24.3 Å². The molecule has 0 rings (SSSR count). The van der Waals surface area contributed by atoms with Crippen LogP contribution in [-0.2, 0) is 14.3 Å². The summed E-state index contributed by atoms with van der Waals surface area (Å²) in [6.07, 6.45) is 54.3. The number of aliphatic hydroxyl groups excluding tert-OH is 2. The van der Waals surface area contributed by atoms with Crippen molar-refractivity contribution in [3.63, 3.8) is 0 Å². The molecule has 0 saturated heterocycles. The zero-order valence-corrected chi connectivity index (χ0v) is 38.1. The van der Waals surface area contributed by atoms with Crippen molar-refractivity contribution in [2.75, 3.05) is 13.2 Å². The lowest BCUT2D eigenvalue weighted by Crippen LogP contribution is -2.45. The van der Waals surface area contributed by atoms with Crippen LogP contribution in [0.1, 0.15) is 264 Å². The number of ether oxygens (including phenoxy) is 1. The first kappa shape index (κ1) is 55.3. The second kappa shape index (κ2) is 47.0. The van der Waals surface area contributed by atoms with Crippen LogP contribution in [0.4, 0.5) is 0 Å². The molecule has 3 N–H and O–H groups in total. The number of carbonyl (C=O) groups excluding carboxylic acids is 2. The van der Waals surface area contributed by atoms with E-state index in [0.29, 0.717) is 25.9 Å². The lowest BCUT2D eigenvalue weighted by molar-refractivity contribution is -0.143. The molecule has 0 aliphatic rings. The summed E-state index contributed by atoms with van der Waals surface area (Å²) in [7, 11) is 0. The highest BCUT2D eigenvalue weighted by Gasteiger charge is 2.20. The van der Waals surface area contributed by atoms with Gasteiger partial charge in [-0.05, 0) is 70.6 Å². The summed E-state index contributed by atoms with van der Waals surface area (Å²) in [6.45, 7) is 4.83. The van der Waals surface area contributed by atoms with E-state index in [1.807, 2.05) is 0 Å². The fourth-order valence-electron chi connectivity index (χ4n) is 7.55. The van der Waals surface area contributed by atoms with Gasteiger partial charge < -0.3 is 20.3 Å². The Morgan fingerprint density at radius 3 is 1.30 bits per heavy atom. The first-order valence-corrected chi connectivity index (χ1v) is 25.1.